The van der Waals surface area contributed by atoms with Crippen molar-refractivity contribution in [1.82, 2.24) is 9.97 Å². The fourth-order valence-electron chi connectivity index (χ4n) is 1.66. The number of nitrogens with one attached hydrogen (secondary N) is 1. The molecule has 2 aromatic rings. The lowest BCUT2D eigenvalue weighted by molar-refractivity contribution is -0.140. The number of aliphatic hydroxyl groups excluding tert-OH is 1. The van der Waals surface area contributed by atoms with Gasteiger partial charge in [0.1, 0.15) is 12.1 Å². The second-order valence-corrected chi connectivity index (χ2v) is 3.94. The van der Waals surface area contributed by atoms with Gasteiger partial charge >= 0.3 is 5.97 Å². The van der Waals surface area contributed by atoms with Crippen molar-refractivity contribution in [3.05, 3.63) is 30.6 Å². The molecule has 2 rings (SSSR count). The third-order valence-corrected chi connectivity index (χ3v) is 2.58. The number of anilines is 1. The Morgan fingerprint density at radius 1 is 1.33 bits per heavy atom. The SMILES string of the molecule is C[C@H](O)[C@H](Nc1ncnc2ccccc12)C(=O)O. The second-order valence-electron chi connectivity index (χ2n) is 3.94. The van der Waals surface area contributed by atoms with Crippen LogP contribution in [0.4, 0.5) is 5.82 Å². The summed E-state index contributed by atoms with van der Waals surface area (Å²) < 4.78 is 0. The van der Waals surface area contributed by atoms with Gasteiger partial charge in [0.2, 0.25) is 0 Å². The summed E-state index contributed by atoms with van der Waals surface area (Å²) in [6.45, 7) is 1.41. The van der Waals surface area contributed by atoms with E-state index in [1.165, 1.54) is 13.3 Å². The number of benzene rings is 1. The van der Waals surface area contributed by atoms with Crippen LogP contribution in [0.5, 0.6) is 0 Å². The number of aliphatic hydroxyl groups is 1. The van der Waals surface area contributed by atoms with Crippen LogP contribution in [0.1, 0.15) is 6.92 Å². The maximum Gasteiger partial charge on any atom is 0.328 e. The molecule has 6 nitrogen and oxygen atoms in total. The Labute approximate surface area is 103 Å². The van der Waals surface area contributed by atoms with Crippen molar-refractivity contribution in [2.24, 2.45) is 0 Å². The zero-order valence-electron chi connectivity index (χ0n) is 9.74. The summed E-state index contributed by atoms with van der Waals surface area (Å²) in [5.74, 6) is -0.735. The molecule has 0 saturated heterocycles. The van der Waals surface area contributed by atoms with Crippen LogP contribution in [0.25, 0.3) is 10.9 Å². The monoisotopic (exact) mass is 247 g/mol. The van der Waals surface area contributed by atoms with E-state index < -0.39 is 18.1 Å². The standard InChI is InChI=1S/C12H13N3O3/c1-7(16)10(12(17)18)15-11-8-4-2-3-5-9(8)13-6-14-11/h2-7,10,16H,1H3,(H,17,18)(H,13,14,15)/t7-,10-/m0/s1. The van der Waals surface area contributed by atoms with E-state index in [1.807, 2.05) is 12.1 Å². The number of hydrogen-bond donors (Lipinski definition) is 3. The van der Waals surface area contributed by atoms with E-state index >= 15 is 0 Å². The molecule has 0 aliphatic heterocycles. The lowest BCUT2D eigenvalue weighted by Gasteiger charge is -2.18. The molecule has 0 amide bonds. The predicted octanol–water partition coefficient (Wildman–Crippen LogP) is 0.876. The average molecular weight is 247 g/mol. The van der Waals surface area contributed by atoms with Crippen molar-refractivity contribution in [2.75, 3.05) is 5.32 Å². The highest BCUT2D eigenvalue weighted by Crippen LogP contribution is 2.19. The minimum absolute atomic E-state index is 0.397. The summed E-state index contributed by atoms with van der Waals surface area (Å²) in [6.07, 6.45) is 0.322. The Morgan fingerprint density at radius 3 is 2.72 bits per heavy atom. The van der Waals surface area contributed by atoms with Gasteiger partial charge in [-0.3, -0.25) is 0 Å². The van der Waals surface area contributed by atoms with E-state index in [4.69, 9.17) is 5.11 Å². The first-order chi connectivity index (χ1) is 8.59. The van der Waals surface area contributed by atoms with Gasteiger partial charge in [-0.2, -0.15) is 0 Å². The molecule has 1 aromatic heterocycles. The molecule has 3 N–H and O–H groups in total. The number of aliphatic carboxylic acids is 1. The average Bonchev–Trinajstić information content (AvgIpc) is 2.35. The number of carboxylic acid groups (broad SMARTS) is 1. The Hall–Kier alpha value is -2.21. The summed E-state index contributed by atoms with van der Waals surface area (Å²) in [7, 11) is 0. The summed E-state index contributed by atoms with van der Waals surface area (Å²) in [4.78, 5) is 19.1. The highest BCUT2D eigenvalue weighted by molar-refractivity contribution is 5.90. The van der Waals surface area contributed by atoms with Crippen molar-refractivity contribution < 1.29 is 15.0 Å². The third-order valence-electron chi connectivity index (χ3n) is 2.58. The number of aromatic nitrogens is 2. The fraction of sp³-hybridized carbons (Fsp3) is 0.250. The van der Waals surface area contributed by atoms with Crippen molar-refractivity contribution in [1.29, 1.82) is 0 Å². The summed E-state index contributed by atoms with van der Waals surface area (Å²) in [5, 5.41) is 21.9. The zero-order chi connectivity index (χ0) is 13.1. The van der Waals surface area contributed by atoms with E-state index in [-0.39, 0.29) is 0 Å². The number of hydrogen-bond acceptors (Lipinski definition) is 5. The van der Waals surface area contributed by atoms with E-state index in [2.05, 4.69) is 15.3 Å². The highest BCUT2D eigenvalue weighted by atomic mass is 16.4. The molecular formula is C12H13N3O3. The van der Waals surface area contributed by atoms with Gasteiger partial charge in [0.15, 0.2) is 6.04 Å². The van der Waals surface area contributed by atoms with Crippen LogP contribution >= 0.6 is 0 Å². The molecule has 0 bridgehead atoms. The first-order valence-corrected chi connectivity index (χ1v) is 5.46. The van der Waals surface area contributed by atoms with Crippen LogP contribution in [0.15, 0.2) is 30.6 Å². The third kappa shape index (κ3) is 2.38. The number of fused-ring (bicyclic) bond motifs is 1. The largest absolute Gasteiger partial charge is 0.480 e. The van der Waals surface area contributed by atoms with Crippen molar-refractivity contribution in [3.63, 3.8) is 0 Å². The fourth-order valence-corrected chi connectivity index (χ4v) is 1.66. The van der Waals surface area contributed by atoms with Crippen molar-refractivity contribution >= 4 is 22.7 Å². The Morgan fingerprint density at radius 2 is 2.06 bits per heavy atom. The van der Waals surface area contributed by atoms with Gasteiger partial charge in [-0.05, 0) is 19.1 Å². The quantitative estimate of drug-likeness (QED) is 0.742. The first-order valence-electron chi connectivity index (χ1n) is 5.46. The van der Waals surface area contributed by atoms with Gasteiger partial charge in [-0.1, -0.05) is 12.1 Å². The smallest absolute Gasteiger partial charge is 0.328 e. The van der Waals surface area contributed by atoms with Gasteiger partial charge in [-0.25, -0.2) is 14.8 Å². The maximum atomic E-state index is 11.0. The molecule has 0 saturated carbocycles. The van der Waals surface area contributed by atoms with Crippen LogP contribution in [0.3, 0.4) is 0 Å². The molecule has 1 aromatic carbocycles. The molecule has 0 spiro atoms. The Balaban J connectivity index is 2.39. The van der Waals surface area contributed by atoms with Crippen molar-refractivity contribution in [2.45, 2.75) is 19.1 Å². The Kier molecular flexibility index (Phi) is 3.38. The minimum atomic E-state index is -1.13. The zero-order valence-corrected chi connectivity index (χ0v) is 9.74. The number of carbonyl (C=O) groups is 1. The number of rotatable bonds is 4. The van der Waals surface area contributed by atoms with Gasteiger partial charge < -0.3 is 15.5 Å². The van der Waals surface area contributed by atoms with Gasteiger partial charge in [0, 0.05) is 5.39 Å². The van der Waals surface area contributed by atoms with E-state index in [0.717, 1.165) is 0 Å². The molecule has 94 valence electrons. The predicted molar refractivity (Wildman–Crippen MR) is 66.3 cm³/mol. The van der Waals surface area contributed by atoms with Crippen LogP contribution < -0.4 is 5.32 Å². The second kappa shape index (κ2) is 4.97. The Bertz CT molecular complexity index is 566. The first kappa shape index (κ1) is 12.3. The van der Waals surface area contributed by atoms with E-state index in [9.17, 15) is 9.90 Å². The molecule has 0 unspecified atom stereocenters. The lowest BCUT2D eigenvalue weighted by Crippen LogP contribution is -2.39. The van der Waals surface area contributed by atoms with E-state index in [0.29, 0.717) is 16.7 Å². The molecule has 0 aliphatic rings. The summed E-state index contributed by atoms with van der Waals surface area (Å²) in [6, 6.07) is 6.14. The number of nitrogens with zero attached hydrogens (tertiary/aromatic N) is 2. The van der Waals surface area contributed by atoms with Gasteiger partial charge in [0.05, 0.1) is 11.6 Å². The molecule has 0 aliphatic carbocycles. The van der Waals surface area contributed by atoms with Crippen LogP contribution in [0.2, 0.25) is 0 Å². The highest BCUT2D eigenvalue weighted by Gasteiger charge is 2.23. The molecule has 1 heterocycles. The minimum Gasteiger partial charge on any atom is -0.480 e. The summed E-state index contributed by atoms with van der Waals surface area (Å²) in [5.41, 5.74) is 0.713. The van der Waals surface area contributed by atoms with Crippen LogP contribution in [-0.4, -0.2) is 38.3 Å². The lowest BCUT2D eigenvalue weighted by atomic mass is 10.1. The number of para-hydroxylation sites is 1. The molecule has 0 fully saturated rings. The van der Waals surface area contributed by atoms with Gasteiger partial charge in [-0.15, -0.1) is 0 Å². The van der Waals surface area contributed by atoms with Crippen molar-refractivity contribution in [3.8, 4) is 0 Å². The molecule has 2 atom stereocenters. The molecule has 6 heteroatoms. The molecule has 18 heavy (non-hydrogen) atoms. The topological polar surface area (TPSA) is 95.3 Å². The number of carboxylic acids is 1. The van der Waals surface area contributed by atoms with Gasteiger partial charge in [0.25, 0.3) is 0 Å². The molecule has 0 radical (unpaired) electrons. The van der Waals surface area contributed by atoms with Crippen LogP contribution in [-0.2, 0) is 4.79 Å². The maximum absolute atomic E-state index is 11.0. The van der Waals surface area contributed by atoms with E-state index in [1.54, 1.807) is 12.1 Å². The normalized spacial score (nSPS) is 14.1. The summed E-state index contributed by atoms with van der Waals surface area (Å²) >= 11 is 0. The van der Waals surface area contributed by atoms with Crippen LogP contribution in [0, 0.1) is 0 Å². The molecular weight excluding hydrogens is 234 g/mol.